The smallest absolute Gasteiger partial charge is 0.195 e. The molecule has 0 radical (unpaired) electrons. The minimum absolute atomic E-state index is 0.0892. The number of sulfone groups is 1. The van der Waals surface area contributed by atoms with Crippen molar-refractivity contribution >= 4 is 15.6 Å². The molecule has 6 heteroatoms. The Labute approximate surface area is 136 Å². The molecule has 2 aromatic rings. The summed E-state index contributed by atoms with van der Waals surface area (Å²) in [7, 11) is -3.62. The number of ketones is 1. The van der Waals surface area contributed by atoms with E-state index >= 15 is 0 Å². The first-order valence-corrected chi connectivity index (χ1v) is 9.01. The Balaban J connectivity index is 2.11. The van der Waals surface area contributed by atoms with Crippen molar-refractivity contribution in [3.05, 3.63) is 59.9 Å². The van der Waals surface area contributed by atoms with Crippen molar-refractivity contribution < 1.29 is 13.2 Å². The number of pyridine rings is 1. The van der Waals surface area contributed by atoms with Gasteiger partial charge in [-0.2, -0.15) is 0 Å². The SMILES string of the molecule is CCCC(=O)c1ccc(CC(N)S(=O)(=O)c2cccnc2)cc1. The molecule has 1 unspecified atom stereocenters. The predicted molar refractivity (Wildman–Crippen MR) is 88.8 cm³/mol. The molecule has 1 heterocycles. The standard InChI is InChI=1S/C17H20N2O3S/c1-2-4-16(20)14-8-6-13(7-9-14)11-17(18)23(21,22)15-5-3-10-19-12-15/h3,5-10,12,17H,2,4,11,18H2,1H3. The molecule has 1 aromatic carbocycles. The van der Waals surface area contributed by atoms with Crippen LogP contribution in [0.1, 0.15) is 35.7 Å². The van der Waals surface area contributed by atoms with Crippen LogP contribution >= 0.6 is 0 Å². The highest BCUT2D eigenvalue weighted by Crippen LogP contribution is 2.16. The van der Waals surface area contributed by atoms with E-state index in [0.29, 0.717) is 12.0 Å². The molecule has 2 N–H and O–H groups in total. The van der Waals surface area contributed by atoms with Gasteiger partial charge in [0.25, 0.3) is 0 Å². The summed E-state index contributed by atoms with van der Waals surface area (Å²) >= 11 is 0. The molecule has 0 saturated carbocycles. The fourth-order valence-electron chi connectivity index (χ4n) is 2.23. The van der Waals surface area contributed by atoms with Gasteiger partial charge in [-0.1, -0.05) is 31.2 Å². The maximum Gasteiger partial charge on any atom is 0.195 e. The van der Waals surface area contributed by atoms with Gasteiger partial charge in [0.15, 0.2) is 15.6 Å². The van der Waals surface area contributed by atoms with E-state index in [4.69, 9.17) is 5.73 Å². The maximum atomic E-state index is 12.4. The lowest BCUT2D eigenvalue weighted by atomic mass is 10.0. The Morgan fingerprint density at radius 1 is 1.22 bits per heavy atom. The first-order chi connectivity index (χ1) is 10.9. The van der Waals surface area contributed by atoms with E-state index in [1.54, 1.807) is 30.3 Å². The Kier molecular flexibility index (Phi) is 5.63. The van der Waals surface area contributed by atoms with Gasteiger partial charge in [-0.05, 0) is 24.1 Å². The summed E-state index contributed by atoms with van der Waals surface area (Å²) in [6.45, 7) is 1.95. The molecule has 0 aliphatic carbocycles. The number of Topliss-reactive ketones (excluding diaryl/α,β-unsaturated/α-hetero) is 1. The molecule has 0 aliphatic heterocycles. The molecule has 0 spiro atoms. The molecule has 0 saturated heterocycles. The number of nitrogens with two attached hydrogens (primary N) is 1. The number of rotatable bonds is 7. The fourth-order valence-corrected chi connectivity index (χ4v) is 3.47. The predicted octanol–water partition coefficient (Wildman–Crippen LogP) is 2.37. The van der Waals surface area contributed by atoms with E-state index in [-0.39, 0.29) is 17.1 Å². The maximum absolute atomic E-state index is 12.4. The zero-order valence-corrected chi connectivity index (χ0v) is 13.8. The topological polar surface area (TPSA) is 90.1 Å². The summed E-state index contributed by atoms with van der Waals surface area (Å²) in [6, 6.07) is 9.99. The summed E-state index contributed by atoms with van der Waals surface area (Å²) in [4.78, 5) is 15.7. The summed E-state index contributed by atoms with van der Waals surface area (Å²) in [5.74, 6) is 0.0892. The van der Waals surface area contributed by atoms with Crippen molar-refractivity contribution in [2.45, 2.75) is 36.5 Å². The fraction of sp³-hybridized carbons (Fsp3) is 0.294. The highest BCUT2D eigenvalue weighted by atomic mass is 32.2. The highest BCUT2D eigenvalue weighted by molar-refractivity contribution is 7.92. The molecule has 23 heavy (non-hydrogen) atoms. The van der Waals surface area contributed by atoms with E-state index in [1.807, 2.05) is 6.92 Å². The number of hydrogen-bond acceptors (Lipinski definition) is 5. The van der Waals surface area contributed by atoms with Gasteiger partial charge in [0, 0.05) is 30.8 Å². The van der Waals surface area contributed by atoms with Gasteiger partial charge in [0.1, 0.15) is 5.37 Å². The minimum atomic E-state index is -3.62. The van der Waals surface area contributed by atoms with Crippen LogP contribution in [0.25, 0.3) is 0 Å². The van der Waals surface area contributed by atoms with Crippen molar-refractivity contribution in [3.8, 4) is 0 Å². The second kappa shape index (κ2) is 7.48. The molecule has 0 bridgehead atoms. The summed E-state index contributed by atoms with van der Waals surface area (Å²) in [5, 5.41) is -1.05. The van der Waals surface area contributed by atoms with Crippen molar-refractivity contribution in [2.24, 2.45) is 5.73 Å². The van der Waals surface area contributed by atoms with Gasteiger partial charge in [0.2, 0.25) is 0 Å². The first-order valence-electron chi connectivity index (χ1n) is 7.46. The summed E-state index contributed by atoms with van der Waals surface area (Å²) in [5.41, 5.74) is 7.29. The van der Waals surface area contributed by atoms with E-state index in [1.165, 1.54) is 18.5 Å². The van der Waals surface area contributed by atoms with Crippen LogP contribution in [0.4, 0.5) is 0 Å². The molecular weight excluding hydrogens is 312 g/mol. The van der Waals surface area contributed by atoms with Crippen molar-refractivity contribution in [1.82, 2.24) is 4.98 Å². The van der Waals surface area contributed by atoms with Gasteiger partial charge in [-0.3, -0.25) is 9.78 Å². The van der Waals surface area contributed by atoms with Crippen LogP contribution in [0.15, 0.2) is 53.7 Å². The van der Waals surface area contributed by atoms with E-state index in [9.17, 15) is 13.2 Å². The number of hydrogen-bond donors (Lipinski definition) is 1. The lowest BCUT2D eigenvalue weighted by molar-refractivity contribution is 0.0981. The molecule has 0 aliphatic rings. The average Bonchev–Trinajstić information content (AvgIpc) is 2.56. The lowest BCUT2D eigenvalue weighted by Crippen LogP contribution is -2.32. The molecule has 2 rings (SSSR count). The van der Waals surface area contributed by atoms with Crippen LogP contribution in [-0.4, -0.2) is 24.6 Å². The quantitative estimate of drug-likeness (QED) is 0.786. The lowest BCUT2D eigenvalue weighted by Gasteiger charge is -2.13. The zero-order valence-electron chi connectivity index (χ0n) is 13.0. The molecule has 0 fully saturated rings. The molecule has 5 nitrogen and oxygen atoms in total. The number of nitrogens with zero attached hydrogens (tertiary/aromatic N) is 1. The zero-order chi connectivity index (χ0) is 16.9. The van der Waals surface area contributed by atoms with Crippen molar-refractivity contribution in [2.75, 3.05) is 0 Å². The Morgan fingerprint density at radius 3 is 2.48 bits per heavy atom. The van der Waals surface area contributed by atoms with Gasteiger partial charge < -0.3 is 5.73 Å². The Bertz CT molecular complexity index is 756. The third kappa shape index (κ3) is 4.24. The molecule has 1 aromatic heterocycles. The van der Waals surface area contributed by atoms with E-state index in [0.717, 1.165) is 12.0 Å². The number of benzene rings is 1. The molecular formula is C17H20N2O3S. The van der Waals surface area contributed by atoms with Gasteiger partial charge in [-0.15, -0.1) is 0 Å². The monoisotopic (exact) mass is 332 g/mol. The molecule has 1 atom stereocenters. The van der Waals surface area contributed by atoms with E-state index < -0.39 is 15.2 Å². The van der Waals surface area contributed by atoms with Crippen LogP contribution in [0.2, 0.25) is 0 Å². The Morgan fingerprint density at radius 2 is 1.91 bits per heavy atom. The molecule has 122 valence electrons. The van der Waals surface area contributed by atoms with Crippen molar-refractivity contribution in [3.63, 3.8) is 0 Å². The summed E-state index contributed by atoms with van der Waals surface area (Å²) < 4.78 is 24.8. The second-order valence-electron chi connectivity index (χ2n) is 5.35. The van der Waals surface area contributed by atoms with Crippen LogP contribution in [0.3, 0.4) is 0 Å². The second-order valence-corrected chi connectivity index (χ2v) is 7.51. The minimum Gasteiger partial charge on any atom is -0.315 e. The number of aromatic nitrogens is 1. The van der Waals surface area contributed by atoms with Crippen LogP contribution in [0.5, 0.6) is 0 Å². The Hall–Kier alpha value is -2.05. The number of carbonyl (C=O) groups is 1. The van der Waals surface area contributed by atoms with Gasteiger partial charge >= 0.3 is 0 Å². The third-order valence-corrected chi connectivity index (χ3v) is 5.41. The van der Waals surface area contributed by atoms with Crippen molar-refractivity contribution in [1.29, 1.82) is 0 Å². The number of carbonyl (C=O) groups excluding carboxylic acids is 1. The van der Waals surface area contributed by atoms with Gasteiger partial charge in [-0.25, -0.2) is 8.42 Å². The first kappa shape index (κ1) is 17.3. The van der Waals surface area contributed by atoms with Gasteiger partial charge in [0.05, 0.1) is 4.90 Å². The average molecular weight is 332 g/mol. The normalized spacial score (nSPS) is 12.8. The summed E-state index contributed by atoms with van der Waals surface area (Å²) in [6.07, 6.45) is 4.29. The van der Waals surface area contributed by atoms with E-state index in [2.05, 4.69) is 4.98 Å². The van der Waals surface area contributed by atoms with Crippen LogP contribution in [0, 0.1) is 0 Å². The third-order valence-electron chi connectivity index (χ3n) is 3.55. The largest absolute Gasteiger partial charge is 0.315 e. The van der Waals surface area contributed by atoms with Crippen LogP contribution < -0.4 is 5.73 Å². The van der Waals surface area contributed by atoms with Crippen LogP contribution in [-0.2, 0) is 16.3 Å². The molecule has 0 amide bonds. The highest BCUT2D eigenvalue weighted by Gasteiger charge is 2.24.